The van der Waals surface area contributed by atoms with Gasteiger partial charge < -0.3 is 0 Å². The molecule has 4 heteroatoms. The van der Waals surface area contributed by atoms with E-state index in [-0.39, 0.29) is 17.9 Å². The van der Waals surface area contributed by atoms with E-state index in [1.807, 2.05) is 43.1 Å². The van der Waals surface area contributed by atoms with Crippen LogP contribution in [-0.2, 0) is 6.54 Å². The third-order valence-corrected chi connectivity index (χ3v) is 3.36. The molecular formula is C17H17F2NO. The molecule has 0 aliphatic heterocycles. The molecule has 0 saturated carbocycles. The molecule has 2 aromatic rings. The van der Waals surface area contributed by atoms with E-state index in [2.05, 4.69) is 0 Å². The first-order chi connectivity index (χ1) is 9.97. The van der Waals surface area contributed by atoms with Crippen LogP contribution in [0.3, 0.4) is 0 Å². The van der Waals surface area contributed by atoms with Crippen LogP contribution in [0.15, 0.2) is 42.5 Å². The molecule has 110 valence electrons. The van der Waals surface area contributed by atoms with Crippen LogP contribution in [0.2, 0.25) is 0 Å². The number of nitrogens with zero attached hydrogens (tertiary/aromatic N) is 1. The lowest BCUT2D eigenvalue weighted by molar-refractivity contribution is 0.0942. The Morgan fingerprint density at radius 3 is 2.48 bits per heavy atom. The minimum atomic E-state index is -0.998. The molecule has 0 unspecified atom stereocenters. The largest absolute Gasteiger partial charge is 0.295 e. The van der Waals surface area contributed by atoms with Gasteiger partial charge in [0.15, 0.2) is 17.4 Å². The van der Waals surface area contributed by atoms with Gasteiger partial charge in [0.1, 0.15) is 0 Å². The molecule has 0 radical (unpaired) electrons. The topological polar surface area (TPSA) is 20.3 Å². The van der Waals surface area contributed by atoms with Crippen LogP contribution in [0.25, 0.3) is 0 Å². The summed E-state index contributed by atoms with van der Waals surface area (Å²) in [6.07, 6.45) is 0. The van der Waals surface area contributed by atoms with Gasteiger partial charge in [-0.25, -0.2) is 8.78 Å². The molecule has 2 nitrogen and oxygen atoms in total. The molecule has 0 spiro atoms. The highest BCUT2D eigenvalue weighted by atomic mass is 19.2. The van der Waals surface area contributed by atoms with Crippen LogP contribution in [-0.4, -0.2) is 24.3 Å². The monoisotopic (exact) mass is 289 g/mol. The van der Waals surface area contributed by atoms with E-state index in [1.165, 1.54) is 6.07 Å². The highest BCUT2D eigenvalue weighted by Crippen LogP contribution is 2.12. The number of carbonyl (C=O) groups is 1. The van der Waals surface area contributed by atoms with E-state index < -0.39 is 11.6 Å². The van der Waals surface area contributed by atoms with Crippen LogP contribution in [0.4, 0.5) is 8.78 Å². The van der Waals surface area contributed by atoms with Gasteiger partial charge in [-0.2, -0.15) is 0 Å². The van der Waals surface area contributed by atoms with E-state index in [4.69, 9.17) is 0 Å². The number of ketones is 1. The smallest absolute Gasteiger partial charge is 0.176 e. The summed E-state index contributed by atoms with van der Waals surface area (Å²) in [5.74, 6) is -2.17. The molecule has 0 bridgehead atoms. The second kappa shape index (κ2) is 6.59. The van der Waals surface area contributed by atoms with Gasteiger partial charge in [-0.15, -0.1) is 0 Å². The summed E-state index contributed by atoms with van der Waals surface area (Å²) in [5, 5.41) is 0. The van der Waals surface area contributed by atoms with Gasteiger partial charge in [0.05, 0.1) is 6.54 Å². The lowest BCUT2D eigenvalue weighted by Gasteiger charge is -2.17. The lowest BCUT2D eigenvalue weighted by Crippen LogP contribution is -2.26. The van der Waals surface area contributed by atoms with E-state index in [9.17, 15) is 13.6 Å². The Kier molecular flexibility index (Phi) is 4.81. The summed E-state index contributed by atoms with van der Waals surface area (Å²) in [4.78, 5) is 13.9. The van der Waals surface area contributed by atoms with Crippen molar-refractivity contribution in [3.05, 3.63) is 70.8 Å². The Balaban J connectivity index is 2.02. The second-order valence-electron chi connectivity index (χ2n) is 5.15. The molecule has 0 aliphatic carbocycles. The Bertz CT molecular complexity index is 655. The SMILES string of the molecule is Cc1ccccc1CN(C)CC(=O)c1ccc(F)c(F)c1. The van der Waals surface area contributed by atoms with Crippen molar-refractivity contribution in [1.82, 2.24) is 4.90 Å². The van der Waals surface area contributed by atoms with Gasteiger partial charge in [0.2, 0.25) is 0 Å². The van der Waals surface area contributed by atoms with Crippen LogP contribution in [0.5, 0.6) is 0 Å². The van der Waals surface area contributed by atoms with Crippen molar-refractivity contribution in [3.8, 4) is 0 Å². The number of hydrogen-bond donors (Lipinski definition) is 0. The van der Waals surface area contributed by atoms with Gasteiger partial charge in [-0.05, 0) is 43.3 Å². The Morgan fingerprint density at radius 2 is 1.81 bits per heavy atom. The summed E-state index contributed by atoms with van der Waals surface area (Å²) in [6, 6.07) is 11.2. The summed E-state index contributed by atoms with van der Waals surface area (Å²) < 4.78 is 26.0. The molecule has 0 aliphatic rings. The molecule has 21 heavy (non-hydrogen) atoms. The normalized spacial score (nSPS) is 10.9. The number of Topliss-reactive ketones (excluding diaryl/α,β-unsaturated/α-hetero) is 1. The molecule has 0 atom stereocenters. The number of benzene rings is 2. The number of aryl methyl sites for hydroxylation is 1. The van der Waals surface area contributed by atoms with Crippen LogP contribution < -0.4 is 0 Å². The number of hydrogen-bond acceptors (Lipinski definition) is 2. The molecule has 0 fully saturated rings. The van der Waals surface area contributed by atoms with Crippen molar-refractivity contribution in [3.63, 3.8) is 0 Å². The first-order valence-electron chi connectivity index (χ1n) is 6.68. The maximum absolute atomic E-state index is 13.1. The minimum absolute atomic E-state index is 0.152. The molecule has 0 heterocycles. The third kappa shape index (κ3) is 3.95. The van der Waals surface area contributed by atoms with Gasteiger partial charge in [-0.3, -0.25) is 9.69 Å². The summed E-state index contributed by atoms with van der Waals surface area (Å²) in [5.41, 5.74) is 2.48. The van der Waals surface area contributed by atoms with Crippen molar-refractivity contribution in [2.45, 2.75) is 13.5 Å². The fraction of sp³-hybridized carbons (Fsp3) is 0.235. The average molecular weight is 289 g/mol. The Morgan fingerprint density at radius 1 is 1.10 bits per heavy atom. The van der Waals surface area contributed by atoms with Crippen molar-refractivity contribution >= 4 is 5.78 Å². The van der Waals surface area contributed by atoms with Crippen LogP contribution >= 0.6 is 0 Å². The van der Waals surface area contributed by atoms with Gasteiger partial charge in [0, 0.05) is 12.1 Å². The maximum atomic E-state index is 13.1. The van der Waals surface area contributed by atoms with Crippen LogP contribution in [0, 0.1) is 18.6 Å². The number of likely N-dealkylation sites (N-methyl/N-ethyl adjacent to an activating group) is 1. The van der Waals surface area contributed by atoms with Gasteiger partial charge in [-0.1, -0.05) is 24.3 Å². The average Bonchev–Trinajstić information content (AvgIpc) is 2.44. The van der Waals surface area contributed by atoms with Crippen molar-refractivity contribution in [2.75, 3.05) is 13.6 Å². The van der Waals surface area contributed by atoms with E-state index in [0.717, 1.165) is 23.3 Å². The minimum Gasteiger partial charge on any atom is -0.295 e. The number of carbonyl (C=O) groups excluding carboxylic acids is 1. The summed E-state index contributed by atoms with van der Waals surface area (Å²) in [7, 11) is 1.82. The Labute approximate surface area is 123 Å². The van der Waals surface area contributed by atoms with Gasteiger partial charge >= 0.3 is 0 Å². The zero-order valence-electron chi connectivity index (χ0n) is 12.1. The first kappa shape index (κ1) is 15.3. The quantitative estimate of drug-likeness (QED) is 0.784. The van der Waals surface area contributed by atoms with Crippen molar-refractivity contribution < 1.29 is 13.6 Å². The van der Waals surface area contributed by atoms with E-state index in [0.29, 0.717) is 6.54 Å². The zero-order valence-corrected chi connectivity index (χ0v) is 12.1. The highest BCUT2D eigenvalue weighted by molar-refractivity contribution is 5.97. The van der Waals surface area contributed by atoms with E-state index >= 15 is 0 Å². The molecule has 0 saturated heterocycles. The second-order valence-corrected chi connectivity index (χ2v) is 5.15. The molecule has 2 rings (SSSR count). The number of halogens is 2. The van der Waals surface area contributed by atoms with Gasteiger partial charge in [0.25, 0.3) is 0 Å². The molecule has 0 amide bonds. The number of rotatable bonds is 5. The fourth-order valence-corrected chi connectivity index (χ4v) is 2.14. The van der Waals surface area contributed by atoms with Crippen molar-refractivity contribution in [2.24, 2.45) is 0 Å². The summed E-state index contributed by atoms with van der Waals surface area (Å²) >= 11 is 0. The molecule has 0 aromatic heterocycles. The zero-order chi connectivity index (χ0) is 15.4. The Hall–Kier alpha value is -2.07. The standard InChI is InChI=1S/C17H17F2NO/c1-12-5-3-4-6-14(12)10-20(2)11-17(21)13-7-8-15(18)16(19)9-13/h3-9H,10-11H2,1-2H3. The third-order valence-electron chi connectivity index (χ3n) is 3.36. The molecular weight excluding hydrogens is 272 g/mol. The van der Waals surface area contributed by atoms with E-state index in [1.54, 1.807) is 0 Å². The lowest BCUT2D eigenvalue weighted by atomic mass is 10.1. The highest BCUT2D eigenvalue weighted by Gasteiger charge is 2.12. The van der Waals surface area contributed by atoms with Crippen LogP contribution in [0.1, 0.15) is 21.5 Å². The molecule has 0 N–H and O–H groups in total. The summed E-state index contributed by atoms with van der Waals surface area (Å²) in [6.45, 7) is 2.79. The fourth-order valence-electron chi connectivity index (χ4n) is 2.14. The first-order valence-corrected chi connectivity index (χ1v) is 6.68. The predicted molar refractivity (Wildman–Crippen MR) is 78.2 cm³/mol. The predicted octanol–water partition coefficient (Wildman–Crippen LogP) is 3.59. The molecule has 2 aromatic carbocycles. The van der Waals surface area contributed by atoms with Crippen molar-refractivity contribution in [1.29, 1.82) is 0 Å². The maximum Gasteiger partial charge on any atom is 0.176 e.